The second kappa shape index (κ2) is 6.37. The molecular weight excluding hydrogens is 314 g/mol. The number of nitrogens with one attached hydrogen (secondary N) is 1. The molecule has 0 atom stereocenters. The lowest BCUT2D eigenvalue weighted by molar-refractivity contribution is 0.102. The van der Waals surface area contributed by atoms with E-state index in [1.807, 2.05) is 24.4 Å². The van der Waals surface area contributed by atoms with Gasteiger partial charge in [-0.05, 0) is 18.9 Å². The summed E-state index contributed by atoms with van der Waals surface area (Å²) in [5.41, 5.74) is 3.64. The van der Waals surface area contributed by atoms with Gasteiger partial charge in [0.2, 0.25) is 0 Å². The molecule has 3 rings (SSSR count). The molecule has 0 unspecified atom stereocenters. The molecular formula is C16H15N3OS2. The van der Waals surface area contributed by atoms with E-state index in [2.05, 4.69) is 34.3 Å². The molecule has 0 radical (unpaired) electrons. The van der Waals surface area contributed by atoms with Gasteiger partial charge in [0.05, 0.1) is 5.69 Å². The molecule has 22 heavy (non-hydrogen) atoms. The van der Waals surface area contributed by atoms with Crippen LogP contribution in [0.2, 0.25) is 0 Å². The van der Waals surface area contributed by atoms with Crippen molar-refractivity contribution in [2.45, 2.75) is 20.3 Å². The van der Waals surface area contributed by atoms with Crippen molar-refractivity contribution in [3.8, 4) is 10.6 Å². The zero-order valence-corrected chi connectivity index (χ0v) is 13.9. The number of thiazole rings is 2. The fraction of sp³-hybridized carbons (Fsp3) is 0.188. The number of hydrogen-bond acceptors (Lipinski definition) is 5. The highest BCUT2D eigenvalue weighted by Crippen LogP contribution is 2.25. The first kappa shape index (κ1) is 14.9. The maximum atomic E-state index is 12.2. The maximum Gasteiger partial charge on any atom is 0.276 e. The summed E-state index contributed by atoms with van der Waals surface area (Å²) in [7, 11) is 0. The van der Waals surface area contributed by atoms with Gasteiger partial charge in [-0.2, -0.15) is 0 Å². The molecule has 0 saturated carbocycles. The topological polar surface area (TPSA) is 54.9 Å². The van der Waals surface area contributed by atoms with Crippen LogP contribution in [0.25, 0.3) is 10.6 Å². The molecule has 2 heterocycles. The predicted molar refractivity (Wildman–Crippen MR) is 91.7 cm³/mol. The highest BCUT2D eigenvalue weighted by atomic mass is 32.1. The van der Waals surface area contributed by atoms with Gasteiger partial charge in [-0.3, -0.25) is 10.1 Å². The number of aromatic nitrogens is 2. The van der Waals surface area contributed by atoms with E-state index in [0.29, 0.717) is 10.8 Å². The molecule has 0 fully saturated rings. The Balaban J connectivity index is 1.76. The zero-order chi connectivity index (χ0) is 15.5. The zero-order valence-electron chi connectivity index (χ0n) is 12.3. The summed E-state index contributed by atoms with van der Waals surface area (Å²) in [5.74, 6) is -0.220. The lowest BCUT2D eigenvalue weighted by Gasteiger charge is -1.99. The SMILES string of the molecule is CCc1ccc(-c2nc(C(=O)Nc3nc(C)cs3)cs2)cc1. The molecule has 1 N–H and O–H groups in total. The van der Waals surface area contributed by atoms with Gasteiger partial charge in [0.25, 0.3) is 5.91 Å². The van der Waals surface area contributed by atoms with Crippen molar-refractivity contribution < 1.29 is 4.79 Å². The maximum absolute atomic E-state index is 12.2. The molecule has 2 aromatic heterocycles. The van der Waals surface area contributed by atoms with Crippen molar-refractivity contribution in [1.82, 2.24) is 9.97 Å². The first-order chi connectivity index (χ1) is 10.7. The number of benzene rings is 1. The van der Waals surface area contributed by atoms with Crippen LogP contribution in [0.1, 0.15) is 28.7 Å². The van der Waals surface area contributed by atoms with Gasteiger partial charge in [-0.1, -0.05) is 31.2 Å². The summed E-state index contributed by atoms with van der Waals surface area (Å²) < 4.78 is 0. The number of anilines is 1. The molecule has 112 valence electrons. The smallest absolute Gasteiger partial charge is 0.276 e. The second-order valence-corrected chi connectivity index (χ2v) is 6.55. The molecule has 0 aliphatic rings. The van der Waals surface area contributed by atoms with Crippen LogP contribution in [-0.4, -0.2) is 15.9 Å². The Hall–Kier alpha value is -2.05. The Morgan fingerprint density at radius 1 is 1.14 bits per heavy atom. The Morgan fingerprint density at radius 3 is 2.55 bits per heavy atom. The van der Waals surface area contributed by atoms with Crippen LogP contribution in [-0.2, 0) is 6.42 Å². The van der Waals surface area contributed by atoms with Gasteiger partial charge in [-0.15, -0.1) is 22.7 Å². The number of amides is 1. The highest BCUT2D eigenvalue weighted by Gasteiger charge is 2.13. The summed E-state index contributed by atoms with van der Waals surface area (Å²) in [5, 5.41) is 7.90. The number of carbonyl (C=O) groups excluding carboxylic acids is 1. The molecule has 0 bridgehead atoms. The lowest BCUT2D eigenvalue weighted by atomic mass is 10.1. The third-order valence-electron chi connectivity index (χ3n) is 3.19. The van der Waals surface area contributed by atoms with Crippen LogP contribution in [0.4, 0.5) is 5.13 Å². The average molecular weight is 329 g/mol. The van der Waals surface area contributed by atoms with Gasteiger partial charge in [0.1, 0.15) is 10.7 Å². The van der Waals surface area contributed by atoms with Crippen LogP contribution in [0.15, 0.2) is 35.0 Å². The van der Waals surface area contributed by atoms with E-state index in [0.717, 1.165) is 22.7 Å². The molecule has 1 aromatic carbocycles. The molecule has 1 amide bonds. The monoisotopic (exact) mass is 329 g/mol. The van der Waals surface area contributed by atoms with Gasteiger partial charge in [0.15, 0.2) is 5.13 Å². The number of nitrogens with zero attached hydrogens (tertiary/aromatic N) is 2. The van der Waals surface area contributed by atoms with E-state index in [9.17, 15) is 4.79 Å². The molecule has 4 nitrogen and oxygen atoms in total. The van der Waals surface area contributed by atoms with Crippen molar-refractivity contribution in [2.75, 3.05) is 5.32 Å². The quantitative estimate of drug-likeness (QED) is 0.772. The van der Waals surface area contributed by atoms with Crippen LogP contribution in [0.3, 0.4) is 0 Å². The van der Waals surface area contributed by atoms with Gasteiger partial charge >= 0.3 is 0 Å². The predicted octanol–water partition coefficient (Wildman–Crippen LogP) is 4.39. The number of aryl methyl sites for hydroxylation is 2. The molecule has 0 saturated heterocycles. The third-order valence-corrected chi connectivity index (χ3v) is 4.95. The van der Waals surface area contributed by atoms with Crippen LogP contribution < -0.4 is 5.32 Å². The minimum absolute atomic E-state index is 0.220. The fourth-order valence-corrected chi connectivity index (χ4v) is 3.46. The van der Waals surface area contributed by atoms with Crippen LogP contribution in [0, 0.1) is 6.92 Å². The van der Waals surface area contributed by atoms with E-state index in [-0.39, 0.29) is 5.91 Å². The number of hydrogen-bond donors (Lipinski definition) is 1. The number of carbonyl (C=O) groups is 1. The fourth-order valence-electron chi connectivity index (χ4n) is 1.97. The van der Waals surface area contributed by atoms with E-state index >= 15 is 0 Å². The van der Waals surface area contributed by atoms with Crippen molar-refractivity contribution in [3.05, 3.63) is 52.0 Å². The van der Waals surface area contributed by atoms with Gasteiger partial charge < -0.3 is 0 Å². The minimum Gasteiger partial charge on any atom is -0.296 e. The first-order valence-electron chi connectivity index (χ1n) is 6.94. The average Bonchev–Trinajstić information content (AvgIpc) is 3.17. The Morgan fingerprint density at radius 2 is 1.91 bits per heavy atom. The Kier molecular flexibility index (Phi) is 4.31. The molecule has 3 aromatic rings. The van der Waals surface area contributed by atoms with E-state index in [1.54, 1.807) is 5.38 Å². The standard InChI is InChI=1S/C16H15N3OS2/c1-3-11-4-6-12(7-5-11)15-18-13(9-21-15)14(20)19-16-17-10(2)8-22-16/h4-9H,3H2,1-2H3,(H,17,19,20). The summed E-state index contributed by atoms with van der Waals surface area (Å²) in [6.45, 7) is 4.02. The second-order valence-electron chi connectivity index (χ2n) is 4.84. The van der Waals surface area contributed by atoms with E-state index in [1.165, 1.54) is 28.2 Å². The summed E-state index contributed by atoms with van der Waals surface area (Å²) in [6, 6.07) is 8.27. The van der Waals surface area contributed by atoms with Crippen LogP contribution in [0.5, 0.6) is 0 Å². The van der Waals surface area contributed by atoms with Crippen LogP contribution >= 0.6 is 22.7 Å². The molecule has 6 heteroatoms. The van der Waals surface area contributed by atoms with Crippen molar-refractivity contribution in [1.29, 1.82) is 0 Å². The summed E-state index contributed by atoms with van der Waals surface area (Å²) in [6.07, 6.45) is 1.01. The van der Waals surface area contributed by atoms with Crippen molar-refractivity contribution in [2.24, 2.45) is 0 Å². The highest BCUT2D eigenvalue weighted by molar-refractivity contribution is 7.14. The lowest BCUT2D eigenvalue weighted by Crippen LogP contribution is -2.12. The number of rotatable bonds is 4. The molecule has 0 aliphatic carbocycles. The minimum atomic E-state index is -0.220. The summed E-state index contributed by atoms with van der Waals surface area (Å²) >= 11 is 2.88. The Labute approximate surface area is 136 Å². The normalized spacial score (nSPS) is 10.6. The van der Waals surface area contributed by atoms with Gasteiger partial charge in [0, 0.05) is 16.3 Å². The third kappa shape index (κ3) is 3.23. The largest absolute Gasteiger partial charge is 0.296 e. The summed E-state index contributed by atoms with van der Waals surface area (Å²) in [4.78, 5) is 20.8. The van der Waals surface area contributed by atoms with E-state index < -0.39 is 0 Å². The van der Waals surface area contributed by atoms with Crippen molar-refractivity contribution >= 4 is 33.7 Å². The molecule has 0 spiro atoms. The molecule has 0 aliphatic heterocycles. The van der Waals surface area contributed by atoms with Crippen molar-refractivity contribution in [3.63, 3.8) is 0 Å². The van der Waals surface area contributed by atoms with E-state index in [4.69, 9.17) is 0 Å². The Bertz CT molecular complexity index is 790. The van der Waals surface area contributed by atoms with Gasteiger partial charge in [-0.25, -0.2) is 9.97 Å². The first-order valence-corrected chi connectivity index (χ1v) is 8.70.